The number of carbonyl (C=O) groups excluding carboxylic acids is 1. The largest absolute Gasteiger partial charge is 0.349 e. The van der Waals surface area contributed by atoms with Crippen molar-refractivity contribution in [2.75, 3.05) is 26.2 Å². The van der Waals surface area contributed by atoms with Gasteiger partial charge >= 0.3 is 0 Å². The summed E-state index contributed by atoms with van der Waals surface area (Å²) in [6.45, 7) is 6.95. The summed E-state index contributed by atoms with van der Waals surface area (Å²) in [5.41, 5.74) is 2.90. The van der Waals surface area contributed by atoms with E-state index in [1.807, 2.05) is 18.2 Å². The molecule has 0 aromatic carbocycles. The maximum Gasteiger partial charge on any atom is 0.267 e. The average Bonchev–Trinajstić information content (AvgIpc) is 2.91. The van der Waals surface area contributed by atoms with Gasteiger partial charge in [0.2, 0.25) is 0 Å². The Labute approximate surface area is 156 Å². The molecule has 1 fully saturated rings. The standard InChI is InChI=1S/C21H30N4O/c1-2-12-25-17-19(18-7-9-22-10-8-18)16-20(25)21(26)23-11-15-24-13-5-3-4-6-14-24/h7-10,16-17H,2-6,11-15H2,1H3,(H,23,26). The van der Waals surface area contributed by atoms with Crippen LogP contribution in [0.15, 0.2) is 36.8 Å². The van der Waals surface area contributed by atoms with E-state index in [0.717, 1.165) is 49.4 Å². The number of amides is 1. The van der Waals surface area contributed by atoms with Crippen LogP contribution in [0.2, 0.25) is 0 Å². The Hall–Kier alpha value is -2.14. The number of nitrogens with one attached hydrogen (secondary N) is 1. The van der Waals surface area contributed by atoms with Gasteiger partial charge in [0.25, 0.3) is 5.91 Å². The Balaban J connectivity index is 1.63. The number of likely N-dealkylation sites (tertiary alicyclic amines) is 1. The van der Waals surface area contributed by atoms with Gasteiger partial charge in [-0.2, -0.15) is 0 Å². The second-order valence-corrected chi connectivity index (χ2v) is 7.06. The SMILES string of the molecule is CCCn1cc(-c2ccncc2)cc1C(=O)NCCN1CCCCCC1. The summed E-state index contributed by atoms with van der Waals surface area (Å²) in [4.78, 5) is 19.3. The molecule has 1 amide bonds. The van der Waals surface area contributed by atoms with Gasteiger partial charge in [0, 0.05) is 43.8 Å². The first kappa shape index (κ1) is 18.6. The van der Waals surface area contributed by atoms with Gasteiger partial charge in [-0.15, -0.1) is 0 Å². The van der Waals surface area contributed by atoms with E-state index in [0.29, 0.717) is 6.54 Å². The van der Waals surface area contributed by atoms with Crippen molar-refractivity contribution in [3.8, 4) is 11.1 Å². The van der Waals surface area contributed by atoms with Gasteiger partial charge in [0.05, 0.1) is 0 Å². The molecule has 0 bridgehead atoms. The summed E-state index contributed by atoms with van der Waals surface area (Å²) < 4.78 is 2.07. The lowest BCUT2D eigenvalue weighted by molar-refractivity contribution is 0.0939. The average molecular weight is 354 g/mol. The van der Waals surface area contributed by atoms with Gasteiger partial charge < -0.3 is 14.8 Å². The van der Waals surface area contributed by atoms with E-state index < -0.39 is 0 Å². The van der Waals surface area contributed by atoms with Crippen LogP contribution in [0.4, 0.5) is 0 Å². The zero-order valence-corrected chi connectivity index (χ0v) is 15.8. The molecule has 1 aliphatic heterocycles. The highest BCUT2D eigenvalue weighted by atomic mass is 16.1. The second kappa shape index (κ2) is 9.53. The third-order valence-electron chi connectivity index (χ3n) is 5.02. The van der Waals surface area contributed by atoms with Crippen molar-refractivity contribution in [1.29, 1.82) is 0 Å². The predicted molar refractivity (Wildman–Crippen MR) is 105 cm³/mol. The fourth-order valence-electron chi connectivity index (χ4n) is 3.61. The second-order valence-electron chi connectivity index (χ2n) is 7.06. The molecule has 3 rings (SSSR count). The van der Waals surface area contributed by atoms with E-state index in [-0.39, 0.29) is 5.91 Å². The molecule has 1 N–H and O–H groups in total. The maximum absolute atomic E-state index is 12.7. The number of carbonyl (C=O) groups is 1. The Morgan fingerprint density at radius 1 is 1.08 bits per heavy atom. The summed E-state index contributed by atoms with van der Waals surface area (Å²) >= 11 is 0. The normalized spacial score (nSPS) is 15.6. The monoisotopic (exact) mass is 354 g/mol. The van der Waals surface area contributed by atoms with Crippen molar-refractivity contribution in [3.05, 3.63) is 42.5 Å². The minimum Gasteiger partial charge on any atom is -0.349 e. The number of aromatic nitrogens is 2. The van der Waals surface area contributed by atoms with Crippen molar-refractivity contribution >= 4 is 5.91 Å². The summed E-state index contributed by atoms with van der Waals surface area (Å²) in [5, 5.41) is 3.12. The molecule has 5 nitrogen and oxygen atoms in total. The highest BCUT2D eigenvalue weighted by Crippen LogP contribution is 2.22. The van der Waals surface area contributed by atoms with Crippen LogP contribution in [0.3, 0.4) is 0 Å². The van der Waals surface area contributed by atoms with Crippen LogP contribution in [0.1, 0.15) is 49.5 Å². The Kier molecular flexibility index (Phi) is 6.83. The molecular formula is C21H30N4O. The lowest BCUT2D eigenvalue weighted by atomic mass is 10.1. The van der Waals surface area contributed by atoms with Crippen LogP contribution in [-0.4, -0.2) is 46.5 Å². The van der Waals surface area contributed by atoms with Crippen LogP contribution in [0, 0.1) is 0 Å². The van der Waals surface area contributed by atoms with Gasteiger partial charge in [-0.25, -0.2) is 0 Å². The Morgan fingerprint density at radius 2 is 1.81 bits per heavy atom. The molecule has 0 aliphatic carbocycles. The van der Waals surface area contributed by atoms with E-state index in [1.165, 1.54) is 25.7 Å². The minimum absolute atomic E-state index is 0.0218. The van der Waals surface area contributed by atoms with E-state index in [2.05, 4.69) is 32.9 Å². The van der Waals surface area contributed by atoms with Gasteiger partial charge in [0.15, 0.2) is 0 Å². The molecule has 0 atom stereocenters. The number of pyridine rings is 1. The molecule has 140 valence electrons. The molecule has 3 heterocycles. The molecule has 2 aromatic heterocycles. The van der Waals surface area contributed by atoms with E-state index in [9.17, 15) is 4.79 Å². The quantitative estimate of drug-likeness (QED) is 0.827. The first-order chi connectivity index (χ1) is 12.8. The van der Waals surface area contributed by atoms with Crippen molar-refractivity contribution in [3.63, 3.8) is 0 Å². The zero-order valence-electron chi connectivity index (χ0n) is 15.8. The Morgan fingerprint density at radius 3 is 2.50 bits per heavy atom. The molecule has 5 heteroatoms. The van der Waals surface area contributed by atoms with E-state index >= 15 is 0 Å². The van der Waals surface area contributed by atoms with E-state index in [4.69, 9.17) is 0 Å². The fraction of sp³-hybridized carbons (Fsp3) is 0.524. The minimum atomic E-state index is 0.0218. The van der Waals surface area contributed by atoms with Crippen molar-refractivity contribution in [2.24, 2.45) is 0 Å². The molecule has 0 saturated carbocycles. The summed E-state index contributed by atoms with van der Waals surface area (Å²) in [6, 6.07) is 5.95. The third-order valence-corrected chi connectivity index (χ3v) is 5.02. The van der Waals surface area contributed by atoms with Gasteiger partial charge in [-0.3, -0.25) is 9.78 Å². The van der Waals surface area contributed by atoms with Crippen LogP contribution in [-0.2, 0) is 6.54 Å². The molecule has 26 heavy (non-hydrogen) atoms. The summed E-state index contributed by atoms with van der Waals surface area (Å²) in [5.74, 6) is 0.0218. The molecule has 0 radical (unpaired) electrons. The molecular weight excluding hydrogens is 324 g/mol. The highest BCUT2D eigenvalue weighted by molar-refractivity contribution is 5.94. The van der Waals surface area contributed by atoms with Crippen molar-refractivity contribution in [2.45, 2.75) is 45.6 Å². The van der Waals surface area contributed by atoms with Crippen LogP contribution in [0.5, 0.6) is 0 Å². The maximum atomic E-state index is 12.7. The molecule has 0 spiro atoms. The van der Waals surface area contributed by atoms with Gasteiger partial charge in [-0.05, 0) is 56.1 Å². The van der Waals surface area contributed by atoms with Crippen LogP contribution < -0.4 is 5.32 Å². The third kappa shape index (κ3) is 4.94. The number of aryl methyl sites for hydroxylation is 1. The highest BCUT2D eigenvalue weighted by Gasteiger charge is 2.15. The molecule has 1 aliphatic rings. The first-order valence-corrected chi connectivity index (χ1v) is 9.89. The Bertz CT molecular complexity index is 687. The smallest absolute Gasteiger partial charge is 0.267 e. The lowest BCUT2D eigenvalue weighted by Crippen LogP contribution is -2.36. The summed E-state index contributed by atoms with van der Waals surface area (Å²) in [6.07, 6.45) is 11.9. The van der Waals surface area contributed by atoms with Gasteiger partial charge in [0.1, 0.15) is 5.69 Å². The van der Waals surface area contributed by atoms with Crippen molar-refractivity contribution < 1.29 is 4.79 Å². The fourth-order valence-corrected chi connectivity index (χ4v) is 3.61. The van der Waals surface area contributed by atoms with E-state index in [1.54, 1.807) is 12.4 Å². The predicted octanol–water partition coefficient (Wildman–Crippen LogP) is 3.57. The summed E-state index contributed by atoms with van der Waals surface area (Å²) in [7, 11) is 0. The van der Waals surface area contributed by atoms with Gasteiger partial charge in [-0.1, -0.05) is 19.8 Å². The zero-order chi connectivity index (χ0) is 18.2. The lowest BCUT2D eigenvalue weighted by Gasteiger charge is -2.19. The first-order valence-electron chi connectivity index (χ1n) is 9.89. The van der Waals surface area contributed by atoms with Crippen molar-refractivity contribution in [1.82, 2.24) is 19.8 Å². The number of rotatable bonds is 7. The van der Waals surface area contributed by atoms with Crippen LogP contribution >= 0.6 is 0 Å². The number of hydrogen-bond donors (Lipinski definition) is 1. The number of hydrogen-bond acceptors (Lipinski definition) is 3. The molecule has 1 saturated heterocycles. The van der Waals surface area contributed by atoms with Crippen LogP contribution in [0.25, 0.3) is 11.1 Å². The molecule has 2 aromatic rings. The topological polar surface area (TPSA) is 50.2 Å². The number of nitrogens with zero attached hydrogens (tertiary/aromatic N) is 3. The molecule has 0 unspecified atom stereocenters.